The van der Waals surface area contributed by atoms with E-state index in [0.717, 1.165) is 18.7 Å². The predicted octanol–water partition coefficient (Wildman–Crippen LogP) is 1.77. The molecule has 1 aliphatic rings. The van der Waals surface area contributed by atoms with Crippen molar-refractivity contribution in [1.82, 2.24) is 20.8 Å². The van der Waals surface area contributed by atoms with E-state index in [1.807, 2.05) is 12.1 Å². The maximum Gasteiger partial charge on any atom is 0.252 e. The van der Waals surface area contributed by atoms with Crippen molar-refractivity contribution >= 4 is 17.5 Å². The minimum Gasteiger partial charge on any atom is -0.368 e. The number of piperidine rings is 1. The lowest BCUT2D eigenvalue weighted by Gasteiger charge is -2.34. The average molecular weight is 351 g/mol. The topological polar surface area (TPSA) is 89.3 Å². The Morgan fingerprint density at radius 1 is 1.46 bits per heavy atom. The monoisotopic (exact) mass is 350 g/mol. The molecule has 0 aliphatic carbocycles. The van der Waals surface area contributed by atoms with E-state index in [1.54, 1.807) is 19.2 Å². The Balaban J connectivity index is 1.64. The normalized spacial score (nSPS) is 16.8. The van der Waals surface area contributed by atoms with E-state index in [0.29, 0.717) is 29.6 Å². The quantitative estimate of drug-likeness (QED) is 0.854. The second-order valence-corrected chi connectivity index (χ2v) is 6.09. The molecular formula is C16H19ClN4O3. The van der Waals surface area contributed by atoms with E-state index >= 15 is 0 Å². The van der Waals surface area contributed by atoms with Gasteiger partial charge in [-0.15, -0.1) is 0 Å². The molecule has 2 N–H and O–H groups in total. The Labute approximate surface area is 144 Å². The largest absolute Gasteiger partial charge is 0.368 e. The molecule has 1 amide bonds. The molecule has 2 aromatic rings. The SMILES string of the molecule is COC1(C(=O)NCc2nc(-c3cccc(Cl)c3)no2)CCNCC1. The highest BCUT2D eigenvalue weighted by atomic mass is 35.5. The highest BCUT2D eigenvalue weighted by Gasteiger charge is 2.39. The Morgan fingerprint density at radius 2 is 2.25 bits per heavy atom. The number of halogens is 1. The minimum atomic E-state index is -0.791. The van der Waals surface area contributed by atoms with Crippen LogP contribution in [0.15, 0.2) is 28.8 Å². The second kappa shape index (κ2) is 7.29. The summed E-state index contributed by atoms with van der Waals surface area (Å²) in [6.45, 7) is 1.66. The number of rotatable bonds is 5. The summed E-state index contributed by atoms with van der Waals surface area (Å²) < 4.78 is 10.7. The van der Waals surface area contributed by atoms with Gasteiger partial charge in [0.05, 0.1) is 6.54 Å². The predicted molar refractivity (Wildman–Crippen MR) is 88.4 cm³/mol. The number of carbonyl (C=O) groups is 1. The molecule has 0 atom stereocenters. The van der Waals surface area contributed by atoms with Crippen LogP contribution in [0.2, 0.25) is 5.02 Å². The summed E-state index contributed by atoms with van der Waals surface area (Å²) in [7, 11) is 1.56. The van der Waals surface area contributed by atoms with Crippen LogP contribution in [0.3, 0.4) is 0 Å². The molecule has 1 fully saturated rings. The lowest BCUT2D eigenvalue weighted by Crippen LogP contribution is -2.53. The van der Waals surface area contributed by atoms with Crippen molar-refractivity contribution < 1.29 is 14.1 Å². The fourth-order valence-electron chi connectivity index (χ4n) is 2.74. The molecule has 128 valence electrons. The van der Waals surface area contributed by atoms with E-state index in [-0.39, 0.29) is 12.5 Å². The van der Waals surface area contributed by atoms with Crippen molar-refractivity contribution in [2.24, 2.45) is 0 Å². The number of methoxy groups -OCH3 is 1. The smallest absolute Gasteiger partial charge is 0.252 e. The molecule has 1 aromatic heterocycles. The van der Waals surface area contributed by atoms with Gasteiger partial charge in [-0.25, -0.2) is 0 Å². The zero-order valence-electron chi connectivity index (χ0n) is 13.3. The van der Waals surface area contributed by atoms with Crippen molar-refractivity contribution in [2.45, 2.75) is 25.0 Å². The zero-order chi connectivity index (χ0) is 17.0. The molecule has 0 spiro atoms. The molecule has 8 heteroatoms. The molecule has 2 heterocycles. The Bertz CT molecular complexity index is 713. The first-order valence-corrected chi connectivity index (χ1v) is 8.13. The zero-order valence-corrected chi connectivity index (χ0v) is 14.1. The third-order valence-corrected chi connectivity index (χ3v) is 4.40. The molecule has 0 saturated carbocycles. The number of benzene rings is 1. The summed E-state index contributed by atoms with van der Waals surface area (Å²) in [6.07, 6.45) is 1.26. The van der Waals surface area contributed by atoms with E-state index in [4.69, 9.17) is 20.9 Å². The molecule has 0 radical (unpaired) electrons. The van der Waals surface area contributed by atoms with Crippen molar-refractivity contribution in [2.75, 3.05) is 20.2 Å². The summed E-state index contributed by atoms with van der Waals surface area (Å²) in [6, 6.07) is 7.18. The number of nitrogens with one attached hydrogen (secondary N) is 2. The minimum absolute atomic E-state index is 0.158. The Hall–Kier alpha value is -1.96. The standard InChI is InChI=1S/C16H19ClN4O3/c1-23-16(5-7-18-8-6-16)15(22)19-10-13-20-14(21-24-13)11-3-2-4-12(17)9-11/h2-4,9,18H,5-8,10H2,1H3,(H,19,22). The van der Waals surface area contributed by atoms with Gasteiger partial charge in [-0.05, 0) is 38.1 Å². The average Bonchev–Trinajstić information content (AvgIpc) is 3.09. The van der Waals surface area contributed by atoms with Gasteiger partial charge in [0, 0.05) is 17.7 Å². The Morgan fingerprint density at radius 3 is 2.96 bits per heavy atom. The first-order valence-electron chi connectivity index (χ1n) is 7.76. The molecule has 3 rings (SSSR count). The maximum absolute atomic E-state index is 12.5. The fraction of sp³-hybridized carbons (Fsp3) is 0.438. The van der Waals surface area contributed by atoms with Gasteiger partial charge in [-0.2, -0.15) is 4.98 Å². The van der Waals surface area contributed by atoms with Crippen molar-refractivity contribution in [3.63, 3.8) is 0 Å². The van der Waals surface area contributed by atoms with Crippen LogP contribution < -0.4 is 10.6 Å². The van der Waals surface area contributed by atoms with Gasteiger partial charge in [0.25, 0.3) is 5.91 Å². The van der Waals surface area contributed by atoms with Crippen LogP contribution in [0.1, 0.15) is 18.7 Å². The number of aromatic nitrogens is 2. The van der Waals surface area contributed by atoms with E-state index in [1.165, 1.54) is 0 Å². The van der Waals surface area contributed by atoms with Gasteiger partial charge in [0.1, 0.15) is 5.60 Å². The third-order valence-electron chi connectivity index (χ3n) is 4.17. The third kappa shape index (κ3) is 3.58. The number of hydrogen-bond donors (Lipinski definition) is 2. The number of amides is 1. The van der Waals surface area contributed by atoms with E-state index in [9.17, 15) is 4.79 Å². The van der Waals surface area contributed by atoms with Gasteiger partial charge in [-0.3, -0.25) is 4.79 Å². The first-order chi connectivity index (χ1) is 11.6. The molecule has 1 aliphatic heterocycles. The molecule has 24 heavy (non-hydrogen) atoms. The summed E-state index contributed by atoms with van der Waals surface area (Å²) in [5.74, 6) is 0.609. The van der Waals surface area contributed by atoms with Crippen molar-refractivity contribution in [1.29, 1.82) is 0 Å². The lowest BCUT2D eigenvalue weighted by atomic mass is 9.91. The van der Waals surface area contributed by atoms with Crippen LogP contribution in [0.25, 0.3) is 11.4 Å². The molecule has 1 aromatic carbocycles. The van der Waals surface area contributed by atoms with Crippen LogP contribution in [0.5, 0.6) is 0 Å². The van der Waals surface area contributed by atoms with Gasteiger partial charge in [-0.1, -0.05) is 28.9 Å². The van der Waals surface area contributed by atoms with Crippen LogP contribution in [0, 0.1) is 0 Å². The molecular weight excluding hydrogens is 332 g/mol. The van der Waals surface area contributed by atoms with Gasteiger partial charge < -0.3 is 19.9 Å². The highest BCUT2D eigenvalue weighted by Crippen LogP contribution is 2.23. The lowest BCUT2D eigenvalue weighted by molar-refractivity contribution is -0.147. The van der Waals surface area contributed by atoms with Crippen LogP contribution in [-0.4, -0.2) is 41.8 Å². The molecule has 7 nitrogen and oxygen atoms in total. The number of nitrogens with zero attached hydrogens (tertiary/aromatic N) is 2. The van der Waals surface area contributed by atoms with E-state index < -0.39 is 5.60 Å². The summed E-state index contributed by atoms with van der Waals surface area (Å²) in [5, 5.41) is 10.6. The molecule has 0 unspecified atom stereocenters. The molecule has 1 saturated heterocycles. The fourth-order valence-corrected chi connectivity index (χ4v) is 2.93. The van der Waals surface area contributed by atoms with Gasteiger partial charge >= 0.3 is 0 Å². The number of carbonyl (C=O) groups excluding carboxylic acids is 1. The maximum atomic E-state index is 12.5. The second-order valence-electron chi connectivity index (χ2n) is 5.65. The molecule has 0 bridgehead atoms. The van der Waals surface area contributed by atoms with E-state index in [2.05, 4.69) is 20.8 Å². The van der Waals surface area contributed by atoms with Crippen molar-refractivity contribution in [3.8, 4) is 11.4 Å². The summed E-state index contributed by atoms with van der Waals surface area (Å²) >= 11 is 5.96. The van der Waals surface area contributed by atoms with Crippen LogP contribution >= 0.6 is 11.6 Å². The van der Waals surface area contributed by atoms with Crippen molar-refractivity contribution in [3.05, 3.63) is 35.2 Å². The Kier molecular flexibility index (Phi) is 5.13. The highest BCUT2D eigenvalue weighted by molar-refractivity contribution is 6.30. The van der Waals surface area contributed by atoms with Gasteiger partial charge in [0.2, 0.25) is 11.7 Å². The first kappa shape index (κ1) is 16.9. The summed E-state index contributed by atoms with van der Waals surface area (Å²) in [5.41, 5.74) is -0.0309. The number of ether oxygens (including phenoxy) is 1. The summed E-state index contributed by atoms with van der Waals surface area (Å²) in [4.78, 5) is 16.8. The number of hydrogen-bond acceptors (Lipinski definition) is 6. The van der Waals surface area contributed by atoms with Gasteiger partial charge in [0.15, 0.2) is 0 Å². The van der Waals surface area contributed by atoms with Crippen LogP contribution in [0.4, 0.5) is 0 Å². The van der Waals surface area contributed by atoms with Crippen LogP contribution in [-0.2, 0) is 16.1 Å².